The van der Waals surface area contributed by atoms with Crippen molar-refractivity contribution in [2.75, 3.05) is 31.1 Å². The van der Waals surface area contributed by atoms with Gasteiger partial charge in [-0.05, 0) is 215 Å². The van der Waals surface area contributed by atoms with Crippen LogP contribution in [0.2, 0.25) is 0 Å². The van der Waals surface area contributed by atoms with Gasteiger partial charge in [0.2, 0.25) is 5.91 Å². The SMILES string of the molecule is C[C@H](CCC(=O)CCCS(=O)(=O)O)[C@H]1CC[C@@H]2C3[C@@H](CC[C@@]21C)[C@@]1(C)CCC(NCCNC2CC[C@@]4(C)C(C2)C[C@H](O)C2[C@H]5CC[C@H]([C@H](C)CCC(=O)NCCS(=O)(=O)O)[C@@]5(C)CC[C@H]24)CC1C[C@@H]3O. The molecule has 0 spiro atoms. The molecular weight excluding hydrogens is 927 g/mol. The molecule has 0 aliphatic heterocycles. The molecule has 70 heavy (non-hydrogen) atoms. The van der Waals surface area contributed by atoms with Crippen LogP contribution in [0, 0.1) is 92.7 Å². The van der Waals surface area contributed by atoms with Crippen molar-refractivity contribution < 1.29 is 45.7 Å². The summed E-state index contributed by atoms with van der Waals surface area (Å²) in [6.07, 6.45) is 20.4. The van der Waals surface area contributed by atoms with Crippen LogP contribution < -0.4 is 16.0 Å². The average Bonchev–Trinajstić information content (AvgIpc) is 3.83. The van der Waals surface area contributed by atoms with Gasteiger partial charge >= 0.3 is 0 Å². The van der Waals surface area contributed by atoms with Gasteiger partial charge in [-0.15, -0.1) is 0 Å². The maximum absolute atomic E-state index is 12.6. The summed E-state index contributed by atoms with van der Waals surface area (Å²) in [7, 11) is -8.14. The summed E-state index contributed by atoms with van der Waals surface area (Å²) in [6.45, 7) is 16.5. The van der Waals surface area contributed by atoms with E-state index in [9.17, 15) is 36.6 Å². The van der Waals surface area contributed by atoms with Crippen LogP contribution in [0.3, 0.4) is 0 Å². The van der Waals surface area contributed by atoms with Gasteiger partial charge < -0.3 is 26.2 Å². The van der Waals surface area contributed by atoms with Crippen LogP contribution in [-0.2, 0) is 29.8 Å². The number of hydrogen-bond acceptors (Lipinski definition) is 10. The van der Waals surface area contributed by atoms with Gasteiger partial charge in [0.15, 0.2) is 0 Å². The van der Waals surface area contributed by atoms with Crippen molar-refractivity contribution in [2.45, 2.75) is 207 Å². The fourth-order valence-corrected chi connectivity index (χ4v) is 20.3. The van der Waals surface area contributed by atoms with Crippen LogP contribution in [-0.4, -0.2) is 103 Å². The quantitative estimate of drug-likeness (QED) is 0.0453. The molecule has 8 fully saturated rings. The third-order valence-electron chi connectivity index (χ3n) is 23.1. The Morgan fingerprint density at radius 2 is 0.971 bits per heavy atom. The van der Waals surface area contributed by atoms with Crippen LogP contribution in [0.15, 0.2) is 0 Å². The van der Waals surface area contributed by atoms with Crippen LogP contribution in [0.5, 0.6) is 0 Å². The Bertz CT molecular complexity index is 1930. The standard InChI is InChI=1S/C55H95N3O10S2/c1-34(9-11-40(59)8-7-28-69(63,64)65)41-12-14-43-50-45(19-23-54(41,43)5)52(3)21-17-38(30-36(52)32-47(50)60)56-25-26-57-39-18-22-53(4)37(31-39)33-48(61)51-44-15-13-42(55(44,6)24-20-46(51)53)35(2)10-16-49(62)58-27-29-70(66,67)68/h34-39,41-48,50-51,56-57,60-61H,7-33H2,1-6H3,(H,58,62)(H,63,64,65)(H,66,67,68)/t34-,35-,36?,37?,38?,39?,41-,42-,43-,44-,45-,46-,47+,48+,50?,51?,52+,53+,54-,55-/m1/s1. The minimum atomic E-state index is -4.10. The lowest BCUT2D eigenvalue weighted by Gasteiger charge is -2.63. The lowest BCUT2D eigenvalue weighted by Crippen LogP contribution is -2.60. The third-order valence-corrected chi connectivity index (χ3v) is 24.6. The molecule has 0 bridgehead atoms. The van der Waals surface area contributed by atoms with Crippen LogP contribution in [0.4, 0.5) is 0 Å². The molecule has 6 unspecified atom stereocenters. The van der Waals surface area contributed by atoms with Crippen LogP contribution >= 0.6 is 0 Å². The number of hydrogen-bond donors (Lipinski definition) is 7. The number of carbonyl (C=O) groups excluding carboxylic acids is 2. The molecule has 0 heterocycles. The van der Waals surface area contributed by atoms with E-state index in [4.69, 9.17) is 9.11 Å². The van der Waals surface area contributed by atoms with Crippen molar-refractivity contribution in [3.63, 3.8) is 0 Å². The maximum Gasteiger partial charge on any atom is 0.266 e. The Morgan fingerprint density at radius 1 is 0.543 bits per heavy atom. The van der Waals surface area contributed by atoms with E-state index in [1.165, 1.54) is 51.4 Å². The first-order valence-electron chi connectivity index (χ1n) is 28.4. The van der Waals surface area contributed by atoms with E-state index >= 15 is 0 Å². The zero-order chi connectivity index (χ0) is 50.6. The Balaban J connectivity index is 0.768. The molecule has 0 aromatic carbocycles. The Hall–Kier alpha value is -1.20. The Labute approximate surface area is 422 Å². The molecule has 8 aliphatic rings. The Kier molecular flexibility index (Phi) is 16.9. The summed E-state index contributed by atoms with van der Waals surface area (Å²) in [4.78, 5) is 25.1. The molecule has 15 heteroatoms. The molecule has 0 saturated heterocycles. The summed E-state index contributed by atoms with van der Waals surface area (Å²) < 4.78 is 62.4. The van der Waals surface area contributed by atoms with Gasteiger partial charge in [0.05, 0.1) is 23.7 Å². The number of amides is 1. The van der Waals surface area contributed by atoms with E-state index in [1.54, 1.807) is 0 Å². The normalized spacial score (nSPS) is 44.4. The molecule has 0 aromatic heterocycles. The van der Waals surface area contributed by atoms with Gasteiger partial charge in [0.25, 0.3) is 20.2 Å². The van der Waals surface area contributed by atoms with Gasteiger partial charge in [-0.3, -0.25) is 18.7 Å². The van der Waals surface area contributed by atoms with Gasteiger partial charge in [0, 0.05) is 51.0 Å². The average molecular weight is 1020 g/mol. The number of aliphatic hydroxyl groups is 2. The zero-order valence-corrected chi connectivity index (χ0v) is 45.5. The lowest BCUT2D eigenvalue weighted by molar-refractivity contribution is -0.167. The molecule has 20 atom stereocenters. The fraction of sp³-hybridized carbons (Fsp3) is 0.964. The first-order valence-corrected chi connectivity index (χ1v) is 31.6. The van der Waals surface area contributed by atoms with E-state index in [0.717, 1.165) is 77.3 Å². The number of fused-ring (bicyclic) bond motifs is 10. The van der Waals surface area contributed by atoms with Gasteiger partial charge in [-0.25, -0.2) is 0 Å². The topological polar surface area (TPSA) is 219 Å². The van der Waals surface area contributed by atoms with Crippen molar-refractivity contribution in [1.29, 1.82) is 0 Å². The minimum Gasteiger partial charge on any atom is -0.393 e. The number of nitrogens with one attached hydrogen (secondary N) is 3. The van der Waals surface area contributed by atoms with Gasteiger partial charge in [0.1, 0.15) is 5.78 Å². The number of ketones is 1. The first kappa shape index (κ1) is 55.0. The van der Waals surface area contributed by atoms with Crippen molar-refractivity contribution in [2.24, 2.45) is 92.7 Å². The lowest BCUT2D eigenvalue weighted by atomic mass is 9.43. The number of Topliss-reactive ketones (excluding diaryl/α,β-unsaturated/α-hetero) is 1. The maximum atomic E-state index is 12.6. The predicted octanol–water partition coefficient (Wildman–Crippen LogP) is 8.24. The summed E-state index contributed by atoms with van der Waals surface area (Å²) in [5.41, 5.74) is 0.828. The van der Waals surface area contributed by atoms with Crippen molar-refractivity contribution >= 4 is 31.9 Å². The highest BCUT2D eigenvalue weighted by atomic mass is 32.2. The molecular formula is C55H95N3O10S2. The van der Waals surface area contributed by atoms with E-state index in [0.29, 0.717) is 95.9 Å². The summed E-state index contributed by atoms with van der Waals surface area (Å²) in [6, 6.07) is 0.952. The highest BCUT2D eigenvalue weighted by Gasteiger charge is 2.65. The highest BCUT2D eigenvalue weighted by Crippen LogP contribution is 2.70. The second-order valence-corrected chi connectivity index (χ2v) is 29.6. The van der Waals surface area contributed by atoms with Gasteiger partial charge in [-0.1, -0.05) is 41.5 Å². The zero-order valence-electron chi connectivity index (χ0n) is 43.9. The number of rotatable bonds is 20. The summed E-state index contributed by atoms with van der Waals surface area (Å²) in [5, 5.41) is 34.7. The molecule has 1 amide bonds. The molecule has 8 aliphatic carbocycles. The largest absolute Gasteiger partial charge is 0.393 e. The van der Waals surface area contributed by atoms with E-state index in [2.05, 4.69) is 57.5 Å². The van der Waals surface area contributed by atoms with E-state index in [1.807, 2.05) is 0 Å². The fourth-order valence-electron chi connectivity index (χ4n) is 19.5. The highest BCUT2D eigenvalue weighted by molar-refractivity contribution is 7.86. The molecule has 0 aromatic rings. The molecule has 0 radical (unpaired) electrons. The van der Waals surface area contributed by atoms with Gasteiger partial charge in [-0.2, -0.15) is 16.8 Å². The second kappa shape index (κ2) is 21.4. The molecule has 7 N–H and O–H groups in total. The molecule has 8 saturated carbocycles. The molecule has 8 rings (SSSR count). The number of aliphatic hydroxyl groups excluding tert-OH is 2. The van der Waals surface area contributed by atoms with E-state index < -0.39 is 26.0 Å². The summed E-state index contributed by atoms with van der Waals surface area (Å²) in [5.74, 6) is 4.72. The van der Waals surface area contributed by atoms with Crippen LogP contribution in [0.25, 0.3) is 0 Å². The first-order chi connectivity index (χ1) is 32.9. The van der Waals surface area contributed by atoms with Crippen molar-refractivity contribution in [3.05, 3.63) is 0 Å². The Morgan fingerprint density at radius 3 is 1.43 bits per heavy atom. The monoisotopic (exact) mass is 1020 g/mol. The molecule has 13 nitrogen and oxygen atoms in total. The van der Waals surface area contributed by atoms with E-state index in [-0.39, 0.29) is 70.7 Å². The molecule has 402 valence electrons. The predicted molar refractivity (Wildman–Crippen MR) is 274 cm³/mol. The summed E-state index contributed by atoms with van der Waals surface area (Å²) >= 11 is 0. The van der Waals surface area contributed by atoms with Crippen LogP contribution in [0.1, 0.15) is 183 Å². The second-order valence-electron chi connectivity index (χ2n) is 26.5. The minimum absolute atomic E-state index is 0.0739. The van der Waals surface area contributed by atoms with Crippen molar-refractivity contribution in [1.82, 2.24) is 16.0 Å². The number of carbonyl (C=O) groups is 2. The smallest absolute Gasteiger partial charge is 0.266 e. The third kappa shape index (κ3) is 11.3. The van der Waals surface area contributed by atoms with Crippen molar-refractivity contribution in [3.8, 4) is 0 Å².